The van der Waals surface area contributed by atoms with Crippen LogP contribution in [0.25, 0.3) is 0 Å². The van der Waals surface area contributed by atoms with E-state index in [-0.39, 0.29) is 24.5 Å². The van der Waals surface area contributed by atoms with Crippen molar-refractivity contribution in [3.8, 4) is 5.75 Å². The molecule has 222 valence electrons. The first-order valence-corrected chi connectivity index (χ1v) is 13.3. The average molecular weight is 586 g/mol. The van der Waals surface area contributed by atoms with Crippen LogP contribution >= 0.6 is 0 Å². The largest absolute Gasteiger partial charge is 0.508 e. The van der Waals surface area contributed by atoms with E-state index in [4.69, 9.17) is 9.47 Å². The van der Waals surface area contributed by atoms with Gasteiger partial charge in [-0.05, 0) is 72.5 Å². The van der Waals surface area contributed by atoms with E-state index in [2.05, 4.69) is 0 Å². The molecule has 1 unspecified atom stereocenters. The van der Waals surface area contributed by atoms with Crippen molar-refractivity contribution in [3.63, 3.8) is 0 Å². The molecule has 0 aliphatic carbocycles. The van der Waals surface area contributed by atoms with Crippen LogP contribution in [0.2, 0.25) is 0 Å². The summed E-state index contributed by atoms with van der Waals surface area (Å²) in [6.07, 6.45) is -9.75. The number of ether oxygens (including phenoxy) is 2. The molecular formula is C30H29F2NO9. The van der Waals surface area contributed by atoms with Gasteiger partial charge in [0.05, 0.1) is 18.1 Å². The molecule has 0 spiro atoms. The molecule has 2 heterocycles. The summed E-state index contributed by atoms with van der Waals surface area (Å²) in [5.41, 5.74) is 1.63. The van der Waals surface area contributed by atoms with Crippen molar-refractivity contribution in [1.29, 1.82) is 0 Å². The molecule has 8 atom stereocenters. The Morgan fingerprint density at radius 2 is 1.48 bits per heavy atom. The van der Waals surface area contributed by atoms with E-state index in [1.165, 1.54) is 65.6 Å². The number of hydrogen-bond donors (Lipinski definition) is 5. The van der Waals surface area contributed by atoms with Gasteiger partial charge < -0.3 is 39.9 Å². The Kier molecular flexibility index (Phi) is 8.53. The van der Waals surface area contributed by atoms with Crippen LogP contribution in [0.1, 0.15) is 36.1 Å². The normalized spacial score (nSPS) is 28.3. The lowest BCUT2D eigenvalue weighted by atomic mass is 9.78. The van der Waals surface area contributed by atoms with Crippen molar-refractivity contribution in [3.05, 3.63) is 95.6 Å². The molecule has 0 bridgehead atoms. The summed E-state index contributed by atoms with van der Waals surface area (Å²) in [6, 6.07) is 16.5. The smallest absolute Gasteiger partial charge is 0.335 e. The Morgan fingerprint density at radius 3 is 2.07 bits per heavy atom. The molecule has 42 heavy (non-hydrogen) atoms. The maximum Gasteiger partial charge on any atom is 0.335 e. The first-order valence-electron chi connectivity index (χ1n) is 13.3. The highest BCUT2D eigenvalue weighted by molar-refractivity contribution is 6.03. The SMILES string of the molecule is O=C(O)[C@H]1O[C@@H](O[C@@H](CCC2C(=O)N(c3ccc(F)cc3)[C@@H]2c2ccc(O)cc2)c2ccc(F)cc2)[C@H](O)[C@@H](O)[C@@H]1O. The number of nitrogens with zero attached hydrogens (tertiary/aromatic N) is 1. The molecule has 0 aromatic heterocycles. The minimum Gasteiger partial charge on any atom is -0.508 e. The highest BCUT2D eigenvalue weighted by atomic mass is 19.1. The van der Waals surface area contributed by atoms with E-state index >= 15 is 0 Å². The van der Waals surface area contributed by atoms with Crippen LogP contribution in [0.3, 0.4) is 0 Å². The molecular weight excluding hydrogens is 556 g/mol. The topological polar surface area (TPSA) is 157 Å². The zero-order valence-corrected chi connectivity index (χ0v) is 22.0. The van der Waals surface area contributed by atoms with Gasteiger partial charge in [0, 0.05) is 5.69 Å². The molecule has 5 rings (SSSR count). The number of β-lactam (4-membered cyclic amide) rings is 1. The third-order valence-electron chi connectivity index (χ3n) is 7.65. The Hall–Kier alpha value is -3.94. The van der Waals surface area contributed by atoms with Crippen molar-refractivity contribution in [2.45, 2.75) is 55.7 Å². The summed E-state index contributed by atoms with van der Waals surface area (Å²) in [5, 5.41) is 49.9. The lowest BCUT2D eigenvalue weighted by molar-refractivity contribution is -0.306. The zero-order valence-electron chi connectivity index (χ0n) is 22.0. The number of phenols is 1. The van der Waals surface area contributed by atoms with Gasteiger partial charge in [-0.15, -0.1) is 0 Å². The van der Waals surface area contributed by atoms with Crippen molar-refractivity contribution >= 4 is 17.6 Å². The fraction of sp³-hybridized carbons (Fsp3) is 0.333. The molecule has 0 radical (unpaired) electrons. The second kappa shape index (κ2) is 12.1. The summed E-state index contributed by atoms with van der Waals surface area (Å²) in [6.45, 7) is 0. The number of aliphatic hydroxyl groups is 3. The third kappa shape index (κ3) is 5.85. The summed E-state index contributed by atoms with van der Waals surface area (Å²) >= 11 is 0. The first-order chi connectivity index (χ1) is 20.0. The van der Waals surface area contributed by atoms with Crippen molar-refractivity contribution < 1.29 is 53.4 Å². The lowest BCUT2D eigenvalue weighted by Crippen LogP contribution is -2.60. The van der Waals surface area contributed by atoms with E-state index < -0.39 is 66.4 Å². The molecule has 2 fully saturated rings. The number of aliphatic carboxylic acids is 1. The first kappa shape index (κ1) is 29.5. The minimum atomic E-state index is -1.90. The van der Waals surface area contributed by atoms with E-state index in [1.54, 1.807) is 12.1 Å². The fourth-order valence-electron chi connectivity index (χ4n) is 5.42. The number of anilines is 1. The number of carbonyl (C=O) groups is 2. The maximum atomic E-state index is 13.7. The predicted octanol–water partition coefficient (Wildman–Crippen LogP) is 2.80. The second-order valence-electron chi connectivity index (χ2n) is 10.3. The number of phenolic OH excluding ortho intramolecular Hbond substituents is 1. The highest BCUT2D eigenvalue weighted by Crippen LogP contribution is 2.47. The van der Waals surface area contributed by atoms with Crippen molar-refractivity contribution in [2.75, 3.05) is 4.90 Å². The van der Waals surface area contributed by atoms with E-state index in [0.717, 1.165) is 0 Å². The molecule has 2 aliphatic rings. The molecule has 5 N–H and O–H groups in total. The number of aromatic hydroxyl groups is 1. The highest BCUT2D eigenvalue weighted by Gasteiger charge is 2.50. The molecule has 2 aliphatic heterocycles. The Labute approximate surface area is 239 Å². The van der Waals surface area contributed by atoms with Crippen molar-refractivity contribution in [2.24, 2.45) is 5.92 Å². The van der Waals surface area contributed by atoms with Crippen LogP contribution in [0.5, 0.6) is 5.75 Å². The summed E-state index contributed by atoms with van der Waals surface area (Å²) in [7, 11) is 0. The number of carbonyl (C=O) groups excluding carboxylic acids is 1. The number of halogens is 2. The Morgan fingerprint density at radius 1 is 0.881 bits per heavy atom. The monoisotopic (exact) mass is 585 g/mol. The van der Waals surface area contributed by atoms with Gasteiger partial charge >= 0.3 is 5.97 Å². The van der Waals surface area contributed by atoms with Crippen LogP contribution < -0.4 is 4.90 Å². The van der Waals surface area contributed by atoms with Gasteiger partial charge in [-0.2, -0.15) is 0 Å². The van der Waals surface area contributed by atoms with E-state index in [0.29, 0.717) is 16.8 Å². The number of carboxylic acid groups (broad SMARTS) is 1. The van der Waals surface area contributed by atoms with Gasteiger partial charge in [-0.25, -0.2) is 13.6 Å². The maximum absolute atomic E-state index is 13.7. The van der Waals surface area contributed by atoms with Gasteiger partial charge in [-0.1, -0.05) is 24.3 Å². The quantitative estimate of drug-likeness (QED) is 0.238. The number of benzene rings is 3. The van der Waals surface area contributed by atoms with Crippen LogP contribution in [0, 0.1) is 17.6 Å². The van der Waals surface area contributed by atoms with Gasteiger partial charge in [0.25, 0.3) is 0 Å². The number of carboxylic acids is 1. The summed E-state index contributed by atoms with van der Waals surface area (Å²) in [4.78, 5) is 26.5. The molecule has 3 aromatic rings. The standard InChI is InChI=1S/C30H29F2NO9/c31-17-5-1-15(2-6-17)22(41-30-26(37)24(35)25(36)27(42-30)29(39)40)14-13-21-23(16-3-11-20(34)12-4-16)33(28(21)38)19-9-7-18(32)8-10-19/h1-12,21-27,30,34-37H,13-14H2,(H,39,40)/t21?,22-,23+,24-,25-,26+,27-,30+/m0/s1. The molecule has 10 nitrogen and oxygen atoms in total. The summed E-state index contributed by atoms with van der Waals surface area (Å²) < 4.78 is 38.5. The predicted molar refractivity (Wildman–Crippen MR) is 142 cm³/mol. The number of hydrogen-bond acceptors (Lipinski definition) is 8. The fourth-order valence-corrected chi connectivity index (χ4v) is 5.42. The van der Waals surface area contributed by atoms with Gasteiger partial charge in [-0.3, -0.25) is 4.79 Å². The lowest BCUT2D eigenvalue weighted by Gasteiger charge is -2.48. The van der Waals surface area contributed by atoms with Crippen LogP contribution in [-0.4, -0.2) is 68.1 Å². The number of aliphatic hydroxyl groups excluding tert-OH is 3. The molecule has 3 aromatic carbocycles. The average Bonchev–Trinajstić information content (AvgIpc) is 2.97. The second-order valence-corrected chi connectivity index (χ2v) is 10.3. The van der Waals surface area contributed by atoms with Gasteiger partial charge in [0.2, 0.25) is 5.91 Å². The Balaban J connectivity index is 1.40. The third-order valence-corrected chi connectivity index (χ3v) is 7.65. The minimum absolute atomic E-state index is 0.0390. The summed E-state index contributed by atoms with van der Waals surface area (Å²) in [5.74, 6) is -3.36. The molecule has 2 saturated heterocycles. The number of rotatable bonds is 9. The molecule has 12 heteroatoms. The van der Waals surface area contributed by atoms with E-state index in [1.807, 2.05) is 0 Å². The van der Waals surface area contributed by atoms with Gasteiger partial charge in [0.15, 0.2) is 12.4 Å². The number of amides is 1. The van der Waals surface area contributed by atoms with Gasteiger partial charge in [0.1, 0.15) is 35.7 Å². The zero-order chi connectivity index (χ0) is 30.1. The van der Waals surface area contributed by atoms with Crippen LogP contribution in [-0.2, 0) is 19.1 Å². The van der Waals surface area contributed by atoms with Crippen LogP contribution in [0.4, 0.5) is 14.5 Å². The van der Waals surface area contributed by atoms with E-state index in [9.17, 15) is 43.9 Å². The molecule has 0 saturated carbocycles. The molecule has 1 amide bonds. The van der Waals surface area contributed by atoms with Crippen LogP contribution in [0.15, 0.2) is 72.8 Å². The Bertz CT molecular complexity index is 1400. The van der Waals surface area contributed by atoms with Crippen molar-refractivity contribution in [1.82, 2.24) is 0 Å².